The summed E-state index contributed by atoms with van der Waals surface area (Å²) in [5, 5.41) is 4.12. The van der Waals surface area contributed by atoms with Crippen LogP contribution in [0.15, 0.2) is 48.5 Å². The first kappa shape index (κ1) is 14.7. The van der Waals surface area contributed by atoms with E-state index >= 15 is 0 Å². The highest BCUT2D eigenvalue weighted by atomic mass is 35.5. The molecule has 3 N–H and O–H groups in total. The van der Waals surface area contributed by atoms with Gasteiger partial charge in [-0.3, -0.25) is 0 Å². The number of nitrogens with one attached hydrogen (secondary N) is 1. The third kappa shape index (κ3) is 3.65. The van der Waals surface area contributed by atoms with Crippen LogP contribution >= 0.6 is 11.6 Å². The molecule has 0 aliphatic carbocycles. The summed E-state index contributed by atoms with van der Waals surface area (Å²) in [5.74, 6) is 0.868. The summed E-state index contributed by atoms with van der Waals surface area (Å²) in [5.41, 5.74) is 7.95. The van der Waals surface area contributed by atoms with Gasteiger partial charge in [-0.25, -0.2) is 0 Å². The van der Waals surface area contributed by atoms with Crippen LogP contribution < -0.4 is 15.8 Å². The molecular weight excluding hydrogens is 272 g/mol. The van der Waals surface area contributed by atoms with E-state index < -0.39 is 0 Å². The molecule has 3 nitrogen and oxygen atoms in total. The predicted octanol–water partition coefficient (Wildman–Crippen LogP) is 3.85. The molecule has 0 aromatic heterocycles. The highest BCUT2D eigenvalue weighted by Crippen LogP contribution is 2.27. The zero-order valence-electron chi connectivity index (χ0n) is 11.5. The normalized spacial score (nSPS) is 11.9. The first-order chi connectivity index (χ1) is 9.74. The molecule has 20 heavy (non-hydrogen) atoms. The maximum absolute atomic E-state index is 5.90. The molecule has 0 spiro atoms. The van der Waals surface area contributed by atoms with Gasteiger partial charge in [-0.15, -0.1) is 0 Å². The number of hydrogen-bond donors (Lipinski definition) is 2. The molecule has 0 heterocycles. The Labute approximate surface area is 124 Å². The average molecular weight is 291 g/mol. The average Bonchev–Trinajstić information content (AvgIpc) is 2.48. The van der Waals surface area contributed by atoms with Crippen LogP contribution in [0.5, 0.6) is 5.75 Å². The Kier molecular flexibility index (Phi) is 5.27. The smallest absolute Gasteiger partial charge is 0.124 e. The van der Waals surface area contributed by atoms with Crippen LogP contribution in [0.4, 0.5) is 5.69 Å². The van der Waals surface area contributed by atoms with Gasteiger partial charge >= 0.3 is 0 Å². The summed E-state index contributed by atoms with van der Waals surface area (Å²) < 4.78 is 5.66. The highest BCUT2D eigenvalue weighted by Gasteiger charge is 2.14. The van der Waals surface area contributed by atoms with Gasteiger partial charge in [0.15, 0.2) is 0 Å². The summed E-state index contributed by atoms with van der Waals surface area (Å²) in [6.07, 6.45) is 0. The van der Waals surface area contributed by atoms with Crippen molar-refractivity contribution in [1.29, 1.82) is 0 Å². The van der Waals surface area contributed by atoms with Gasteiger partial charge in [0, 0.05) is 22.8 Å². The lowest BCUT2D eigenvalue weighted by molar-refractivity contribution is 0.335. The molecule has 1 unspecified atom stereocenters. The molecule has 2 aromatic rings. The molecule has 2 rings (SSSR count). The van der Waals surface area contributed by atoms with Crippen LogP contribution in [-0.4, -0.2) is 13.2 Å². The zero-order chi connectivity index (χ0) is 14.4. The van der Waals surface area contributed by atoms with Gasteiger partial charge < -0.3 is 15.8 Å². The SMILES string of the molecule is CCOc1ccccc1C(CN)Nc1ccc(Cl)cc1. The second-order valence-corrected chi connectivity index (χ2v) is 4.85. The molecule has 0 amide bonds. The van der Waals surface area contributed by atoms with Crippen molar-refractivity contribution >= 4 is 17.3 Å². The molecule has 2 aromatic carbocycles. The predicted molar refractivity (Wildman–Crippen MR) is 84.5 cm³/mol. The summed E-state index contributed by atoms with van der Waals surface area (Å²) in [6, 6.07) is 15.5. The number of benzene rings is 2. The summed E-state index contributed by atoms with van der Waals surface area (Å²) in [4.78, 5) is 0. The second-order valence-electron chi connectivity index (χ2n) is 4.41. The zero-order valence-corrected chi connectivity index (χ0v) is 12.2. The Morgan fingerprint density at radius 1 is 1.15 bits per heavy atom. The van der Waals surface area contributed by atoms with Crippen molar-refractivity contribution < 1.29 is 4.74 Å². The van der Waals surface area contributed by atoms with Gasteiger partial charge in [-0.2, -0.15) is 0 Å². The van der Waals surface area contributed by atoms with Gasteiger partial charge in [-0.1, -0.05) is 29.8 Å². The van der Waals surface area contributed by atoms with E-state index in [9.17, 15) is 0 Å². The summed E-state index contributed by atoms with van der Waals surface area (Å²) in [6.45, 7) is 3.09. The number of rotatable bonds is 6. The first-order valence-corrected chi connectivity index (χ1v) is 7.06. The third-order valence-corrected chi connectivity index (χ3v) is 3.27. The number of nitrogens with two attached hydrogens (primary N) is 1. The number of para-hydroxylation sites is 1. The second kappa shape index (κ2) is 7.17. The van der Waals surface area contributed by atoms with Crippen molar-refractivity contribution in [2.45, 2.75) is 13.0 Å². The Morgan fingerprint density at radius 2 is 1.85 bits per heavy atom. The number of ether oxygens (including phenoxy) is 1. The molecule has 0 saturated heterocycles. The van der Waals surface area contributed by atoms with Crippen molar-refractivity contribution in [3.05, 3.63) is 59.1 Å². The van der Waals surface area contributed by atoms with Gasteiger partial charge in [0.05, 0.1) is 12.6 Å². The molecule has 106 valence electrons. The molecular formula is C16H19ClN2O. The van der Waals surface area contributed by atoms with E-state index in [0.717, 1.165) is 22.0 Å². The van der Waals surface area contributed by atoms with E-state index in [0.29, 0.717) is 13.2 Å². The standard InChI is InChI=1S/C16H19ClN2O/c1-2-20-16-6-4-3-5-14(16)15(11-18)19-13-9-7-12(17)8-10-13/h3-10,15,19H,2,11,18H2,1H3. The minimum Gasteiger partial charge on any atom is -0.494 e. The third-order valence-electron chi connectivity index (χ3n) is 3.02. The molecule has 1 atom stereocenters. The molecule has 0 bridgehead atoms. The molecule has 0 radical (unpaired) electrons. The maximum atomic E-state index is 5.90. The van der Waals surface area contributed by atoms with Crippen LogP contribution in [-0.2, 0) is 0 Å². The summed E-state index contributed by atoms with van der Waals surface area (Å²) in [7, 11) is 0. The van der Waals surface area contributed by atoms with Crippen LogP contribution in [0.25, 0.3) is 0 Å². The Hall–Kier alpha value is -1.71. The van der Waals surface area contributed by atoms with E-state index in [4.69, 9.17) is 22.1 Å². The summed E-state index contributed by atoms with van der Waals surface area (Å²) >= 11 is 5.89. The number of halogens is 1. The Morgan fingerprint density at radius 3 is 2.50 bits per heavy atom. The van der Waals surface area contributed by atoms with Crippen LogP contribution in [0.2, 0.25) is 5.02 Å². The van der Waals surface area contributed by atoms with Crippen LogP contribution in [0.3, 0.4) is 0 Å². The lowest BCUT2D eigenvalue weighted by Gasteiger charge is -2.21. The van der Waals surface area contributed by atoms with E-state index in [1.54, 1.807) is 0 Å². The topological polar surface area (TPSA) is 47.3 Å². The van der Waals surface area contributed by atoms with E-state index in [-0.39, 0.29) is 6.04 Å². The maximum Gasteiger partial charge on any atom is 0.124 e. The minimum atomic E-state index is -0.000995. The molecule has 4 heteroatoms. The first-order valence-electron chi connectivity index (χ1n) is 6.68. The highest BCUT2D eigenvalue weighted by molar-refractivity contribution is 6.30. The fourth-order valence-electron chi connectivity index (χ4n) is 2.07. The fraction of sp³-hybridized carbons (Fsp3) is 0.250. The van der Waals surface area contributed by atoms with Gasteiger partial charge in [0.2, 0.25) is 0 Å². The van der Waals surface area contributed by atoms with E-state index in [1.165, 1.54) is 0 Å². The monoisotopic (exact) mass is 290 g/mol. The van der Waals surface area contributed by atoms with Crippen LogP contribution in [0.1, 0.15) is 18.5 Å². The van der Waals surface area contributed by atoms with Gasteiger partial charge in [0.1, 0.15) is 5.75 Å². The van der Waals surface area contributed by atoms with E-state index in [1.807, 2.05) is 55.5 Å². The minimum absolute atomic E-state index is 0.000995. The van der Waals surface area contributed by atoms with Crippen LogP contribution in [0, 0.1) is 0 Å². The Bertz CT molecular complexity index is 542. The lowest BCUT2D eigenvalue weighted by Crippen LogP contribution is -2.21. The lowest BCUT2D eigenvalue weighted by atomic mass is 10.1. The molecule has 0 fully saturated rings. The Balaban J connectivity index is 2.21. The van der Waals surface area contributed by atoms with Gasteiger partial charge in [-0.05, 0) is 37.3 Å². The number of anilines is 1. The molecule has 0 saturated carbocycles. The van der Waals surface area contributed by atoms with Crippen molar-refractivity contribution in [3.8, 4) is 5.75 Å². The molecule has 0 aliphatic heterocycles. The van der Waals surface area contributed by atoms with Gasteiger partial charge in [0.25, 0.3) is 0 Å². The van der Waals surface area contributed by atoms with Crippen molar-refractivity contribution in [2.24, 2.45) is 5.73 Å². The molecule has 0 aliphatic rings. The van der Waals surface area contributed by atoms with Crippen molar-refractivity contribution in [3.63, 3.8) is 0 Å². The largest absolute Gasteiger partial charge is 0.494 e. The number of hydrogen-bond acceptors (Lipinski definition) is 3. The van der Waals surface area contributed by atoms with Crippen molar-refractivity contribution in [2.75, 3.05) is 18.5 Å². The fourth-order valence-corrected chi connectivity index (χ4v) is 2.19. The quantitative estimate of drug-likeness (QED) is 0.849. The van der Waals surface area contributed by atoms with E-state index in [2.05, 4.69) is 5.32 Å². The van der Waals surface area contributed by atoms with Crippen molar-refractivity contribution in [1.82, 2.24) is 0 Å².